The minimum absolute atomic E-state index is 0.0566. The van der Waals surface area contributed by atoms with Crippen molar-refractivity contribution in [3.05, 3.63) is 0 Å². The molecule has 190 valence electrons. The quantitative estimate of drug-likeness (QED) is 0.0892. The minimum atomic E-state index is -1.21. The number of nitrogens with zero attached hydrogens (tertiary/aromatic N) is 1. The van der Waals surface area contributed by atoms with Gasteiger partial charge in [0.05, 0.1) is 6.04 Å². The second-order valence-electron chi connectivity index (χ2n) is 8.36. The fraction of sp³-hybridized carbons (Fsp3) is 0.762. The summed E-state index contributed by atoms with van der Waals surface area (Å²) < 4.78 is 0. The van der Waals surface area contributed by atoms with Gasteiger partial charge in [-0.3, -0.25) is 19.4 Å². The van der Waals surface area contributed by atoms with Crippen LogP contribution < -0.4 is 33.2 Å². The van der Waals surface area contributed by atoms with Gasteiger partial charge in [-0.1, -0.05) is 40.5 Å². The Hall–Kier alpha value is -2.89. The molecule has 12 heteroatoms. The second-order valence-corrected chi connectivity index (χ2v) is 8.36. The van der Waals surface area contributed by atoms with Gasteiger partial charge in [-0.2, -0.15) is 0 Å². The molecule has 6 unspecified atom stereocenters. The highest BCUT2D eigenvalue weighted by atomic mass is 16.4. The first-order valence-electron chi connectivity index (χ1n) is 11.3. The van der Waals surface area contributed by atoms with E-state index < -0.39 is 47.9 Å². The molecular formula is C21H41N7O5. The number of amides is 3. The summed E-state index contributed by atoms with van der Waals surface area (Å²) in [6.45, 7) is 9.08. The lowest BCUT2D eigenvalue weighted by atomic mass is 9.97. The molecule has 0 aliphatic rings. The molecule has 0 radical (unpaired) electrons. The van der Waals surface area contributed by atoms with Gasteiger partial charge in [0.15, 0.2) is 5.96 Å². The molecule has 0 fully saturated rings. The van der Waals surface area contributed by atoms with Crippen LogP contribution in [0.25, 0.3) is 0 Å². The fourth-order valence-electron chi connectivity index (χ4n) is 2.89. The molecular weight excluding hydrogens is 430 g/mol. The first-order valence-corrected chi connectivity index (χ1v) is 11.3. The van der Waals surface area contributed by atoms with Crippen LogP contribution >= 0.6 is 0 Å². The van der Waals surface area contributed by atoms with Crippen molar-refractivity contribution in [2.24, 2.45) is 34.0 Å². The number of hydrogen-bond donors (Lipinski definition) is 7. The zero-order chi connectivity index (χ0) is 25.7. The topological polar surface area (TPSA) is 215 Å². The average molecular weight is 472 g/mol. The van der Waals surface area contributed by atoms with Crippen molar-refractivity contribution in [3.8, 4) is 0 Å². The van der Waals surface area contributed by atoms with E-state index in [0.29, 0.717) is 19.3 Å². The van der Waals surface area contributed by atoms with Crippen molar-refractivity contribution in [2.45, 2.75) is 84.5 Å². The molecule has 3 amide bonds. The number of carbonyl (C=O) groups excluding carboxylic acids is 3. The number of aliphatic imine (C=N–C) groups is 1. The first-order chi connectivity index (χ1) is 15.3. The van der Waals surface area contributed by atoms with Crippen molar-refractivity contribution < 1.29 is 24.3 Å². The van der Waals surface area contributed by atoms with Crippen LogP contribution in [0.3, 0.4) is 0 Å². The van der Waals surface area contributed by atoms with Crippen LogP contribution in [-0.2, 0) is 19.2 Å². The molecule has 6 atom stereocenters. The summed E-state index contributed by atoms with van der Waals surface area (Å²) in [5.41, 5.74) is 16.4. The van der Waals surface area contributed by atoms with Crippen molar-refractivity contribution in [2.75, 3.05) is 6.54 Å². The van der Waals surface area contributed by atoms with Crippen molar-refractivity contribution in [3.63, 3.8) is 0 Å². The van der Waals surface area contributed by atoms with Gasteiger partial charge in [0.25, 0.3) is 0 Å². The monoisotopic (exact) mass is 471 g/mol. The van der Waals surface area contributed by atoms with Gasteiger partial charge < -0.3 is 38.3 Å². The molecule has 0 heterocycles. The van der Waals surface area contributed by atoms with Crippen LogP contribution in [0.1, 0.15) is 60.3 Å². The van der Waals surface area contributed by atoms with Crippen molar-refractivity contribution in [1.29, 1.82) is 0 Å². The maximum absolute atomic E-state index is 12.9. The second kappa shape index (κ2) is 15.0. The highest BCUT2D eigenvalue weighted by molar-refractivity contribution is 5.94. The summed E-state index contributed by atoms with van der Waals surface area (Å²) in [5.74, 6) is -3.29. The van der Waals surface area contributed by atoms with Gasteiger partial charge in [0, 0.05) is 6.54 Å². The molecule has 0 bridgehead atoms. The standard InChI is InChI=1S/C21H41N7O5/c1-6-11(3)15(22)18(30)26-13(5)17(29)28-16(12(4)7-2)19(31)27-14(20(32)33)9-8-10-25-21(23)24/h11-16H,6-10,22H2,1-5H3,(H,26,30)(H,27,31)(H,28,29)(H,32,33)(H4,23,24,25). The van der Waals surface area contributed by atoms with Gasteiger partial charge in [0.2, 0.25) is 17.7 Å². The fourth-order valence-corrected chi connectivity index (χ4v) is 2.89. The minimum Gasteiger partial charge on any atom is -0.480 e. The van der Waals surface area contributed by atoms with Crippen LogP contribution in [0.2, 0.25) is 0 Å². The van der Waals surface area contributed by atoms with Gasteiger partial charge in [-0.25, -0.2) is 4.79 Å². The predicted molar refractivity (Wildman–Crippen MR) is 126 cm³/mol. The number of nitrogens with one attached hydrogen (secondary N) is 3. The summed E-state index contributed by atoms with van der Waals surface area (Å²) in [7, 11) is 0. The number of carboxylic acids is 1. The van der Waals surface area contributed by atoms with Gasteiger partial charge in [0.1, 0.15) is 18.1 Å². The largest absolute Gasteiger partial charge is 0.480 e. The Kier molecular flexibility index (Phi) is 13.7. The molecule has 12 nitrogen and oxygen atoms in total. The highest BCUT2D eigenvalue weighted by Crippen LogP contribution is 2.10. The van der Waals surface area contributed by atoms with Crippen molar-refractivity contribution >= 4 is 29.7 Å². The lowest BCUT2D eigenvalue weighted by Crippen LogP contribution is -2.58. The summed E-state index contributed by atoms with van der Waals surface area (Å²) in [6, 6.07) is -3.83. The molecule has 0 aliphatic heterocycles. The Balaban J connectivity index is 5.17. The number of hydrogen-bond acceptors (Lipinski definition) is 6. The Labute approximate surface area is 195 Å². The smallest absolute Gasteiger partial charge is 0.326 e. The van der Waals surface area contributed by atoms with Gasteiger partial charge in [-0.05, 0) is 31.6 Å². The molecule has 0 rings (SSSR count). The maximum atomic E-state index is 12.9. The number of guanidine groups is 1. The van der Waals surface area contributed by atoms with E-state index in [2.05, 4.69) is 20.9 Å². The van der Waals surface area contributed by atoms with E-state index in [1.54, 1.807) is 6.92 Å². The molecule has 0 aliphatic carbocycles. The Morgan fingerprint density at radius 1 is 0.879 bits per heavy atom. The SMILES string of the molecule is CCC(C)C(N)C(=O)NC(C)C(=O)NC(C(=O)NC(CCCN=C(N)N)C(=O)O)C(C)CC. The van der Waals surface area contributed by atoms with Crippen LogP contribution in [0.15, 0.2) is 4.99 Å². The zero-order valence-electron chi connectivity index (χ0n) is 20.3. The van der Waals surface area contributed by atoms with Crippen LogP contribution in [-0.4, -0.2) is 65.5 Å². The third kappa shape index (κ3) is 11.0. The Morgan fingerprint density at radius 2 is 1.45 bits per heavy atom. The molecule has 0 saturated heterocycles. The predicted octanol–water partition coefficient (Wildman–Crippen LogP) is -0.982. The lowest BCUT2D eigenvalue weighted by Gasteiger charge is -2.27. The molecule has 0 spiro atoms. The lowest BCUT2D eigenvalue weighted by molar-refractivity contribution is -0.142. The average Bonchev–Trinajstić information content (AvgIpc) is 2.76. The number of rotatable bonds is 15. The third-order valence-electron chi connectivity index (χ3n) is 5.66. The maximum Gasteiger partial charge on any atom is 0.326 e. The summed E-state index contributed by atoms with van der Waals surface area (Å²) in [4.78, 5) is 53.2. The van der Waals surface area contributed by atoms with E-state index in [0.717, 1.165) is 0 Å². The van der Waals surface area contributed by atoms with E-state index in [-0.39, 0.29) is 30.8 Å². The van der Waals surface area contributed by atoms with Gasteiger partial charge >= 0.3 is 5.97 Å². The summed E-state index contributed by atoms with van der Waals surface area (Å²) in [5, 5.41) is 17.1. The Morgan fingerprint density at radius 3 is 1.94 bits per heavy atom. The highest BCUT2D eigenvalue weighted by Gasteiger charge is 2.31. The van der Waals surface area contributed by atoms with Crippen molar-refractivity contribution in [1.82, 2.24) is 16.0 Å². The van der Waals surface area contributed by atoms with Crippen LogP contribution in [0, 0.1) is 11.8 Å². The molecule has 33 heavy (non-hydrogen) atoms. The molecule has 10 N–H and O–H groups in total. The molecule has 0 aromatic heterocycles. The Bertz CT molecular complexity index is 696. The van der Waals surface area contributed by atoms with Crippen LogP contribution in [0.5, 0.6) is 0 Å². The number of carboxylic acid groups (broad SMARTS) is 1. The van der Waals surface area contributed by atoms with E-state index >= 15 is 0 Å². The van der Waals surface area contributed by atoms with Gasteiger partial charge in [-0.15, -0.1) is 0 Å². The summed E-state index contributed by atoms with van der Waals surface area (Å²) >= 11 is 0. The number of aliphatic carboxylic acids is 1. The molecule has 0 aromatic rings. The van der Waals surface area contributed by atoms with E-state index in [9.17, 15) is 24.3 Å². The van der Waals surface area contributed by atoms with E-state index in [1.165, 1.54) is 6.92 Å². The van der Waals surface area contributed by atoms with E-state index in [1.807, 2.05) is 20.8 Å². The number of carbonyl (C=O) groups is 4. The molecule has 0 saturated carbocycles. The first kappa shape index (κ1) is 30.1. The zero-order valence-corrected chi connectivity index (χ0v) is 20.3. The molecule has 0 aromatic carbocycles. The summed E-state index contributed by atoms with van der Waals surface area (Å²) in [6.07, 6.45) is 1.72. The third-order valence-corrected chi connectivity index (χ3v) is 5.66. The normalized spacial score (nSPS) is 16.3. The van der Waals surface area contributed by atoms with E-state index in [4.69, 9.17) is 17.2 Å². The van der Waals surface area contributed by atoms with Crippen LogP contribution in [0.4, 0.5) is 0 Å². The number of nitrogens with two attached hydrogens (primary N) is 3.